The fourth-order valence-electron chi connectivity index (χ4n) is 4.20. The third-order valence-corrected chi connectivity index (χ3v) is 6.17. The van der Waals surface area contributed by atoms with Crippen LogP contribution in [0, 0.1) is 0 Å². The molecule has 0 radical (unpaired) electrons. The Bertz CT molecular complexity index is 1500. The third-order valence-electron chi connectivity index (χ3n) is 6.17. The van der Waals surface area contributed by atoms with Crippen molar-refractivity contribution in [2.45, 2.75) is 25.6 Å². The molecule has 1 aliphatic heterocycles. The summed E-state index contributed by atoms with van der Waals surface area (Å²) in [6.07, 6.45) is -2.23. The molecule has 1 aliphatic rings. The van der Waals surface area contributed by atoms with Gasteiger partial charge in [-0.25, -0.2) is 0 Å². The van der Waals surface area contributed by atoms with Crippen LogP contribution in [0.4, 0.5) is 11.4 Å². The minimum absolute atomic E-state index is 0.126. The summed E-state index contributed by atoms with van der Waals surface area (Å²) in [6.45, 7) is -0.458. The number of benzene rings is 2. The second-order valence-electron chi connectivity index (χ2n) is 8.63. The molecule has 2 aromatic carbocycles. The molecule has 12 nitrogen and oxygen atoms in total. The van der Waals surface area contributed by atoms with Crippen LogP contribution in [-0.4, -0.2) is 64.8 Å². The summed E-state index contributed by atoms with van der Waals surface area (Å²) in [4.78, 5) is 55.3. The van der Waals surface area contributed by atoms with E-state index in [2.05, 4.69) is 15.0 Å². The van der Waals surface area contributed by atoms with E-state index in [1.54, 1.807) is 36.4 Å². The molecule has 38 heavy (non-hydrogen) atoms. The molecule has 0 bridgehead atoms. The Hall–Kier alpha value is -4.55. The van der Waals surface area contributed by atoms with E-state index in [-0.39, 0.29) is 13.1 Å². The van der Waals surface area contributed by atoms with Crippen molar-refractivity contribution in [2.24, 2.45) is 10.7 Å². The lowest BCUT2D eigenvalue weighted by Gasteiger charge is -2.24. The van der Waals surface area contributed by atoms with E-state index in [4.69, 9.17) is 5.73 Å². The summed E-state index contributed by atoms with van der Waals surface area (Å²) in [5.41, 5.74) is 8.09. The number of nitrogens with one attached hydrogen (secondary N) is 1. The fraction of sp³-hybridized carbons (Fsp3) is 0.269. The van der Waals surface area contributed by atoms with Gasteiger partial charge in [0.1, 0.15) is 18.5 Å². The van der Waals surface area contributed by atoms with Crippen LogP contribution in [-0.2, 0) is 32.2 Å². The van der Waals surface area contributed by atoms with Crippen molar-refractivity contribution in [3.63, 3.8) is 0 Å². The molecule has 3 aromatic rings. The van der Waals surface area contributed by atoms with Crippen LogP contribution in [0.3, 0.4) is 0 Å². The minimum Gasteiger partial charge on any atom is -0.468 e. The van der Waals surface area contributed by atoms with Crippen molar-refractivity contribution in [1.82, 2.24) is 4.57 Å². The first kappa shape index (κ1) is 26.5. The summed E-state index contributed by atoms with van der Waals surface area (Å²) in [7, 11) is 1.21. The zero-order chi connectivity index (χ0) is 27.4. The van der Waals surface area contributed by atoms with Gasteiger partial charge >= 0.3 is 5.97 Å². The number of carbonyl (C=O) groups is 3. The molecule has 1 aromatic heterocycles. The monoisotopic (exact) mass is 521 g/mol. The van der Waals surface area contributed by atoms with Crippen molar-refractivity contribution in [1.29, 1.82) is 0 Å². The number of nitrogens with zero attached hydrogens (tertiary/aromatic N) is 3. The number of aromatic nitrogens is 1. The molecule has 0 saturated heterocycles. The van der Waals surface area contributed by atoms with Crippen LogP contribution >= 0.6 is 0 Å². The predicted octanol–water partition coefficient (Wildman–Crippen LogP) is 0.108. The number of pyridine rings is 1. The van der Waals surface area contributed by atoms with Crippen LogP contribution in [0.1, 0.15) is 17.5 Å². The number of methoxy groups -OCH3 is 1. The summed E-state index contributed by atoms with van der Waals surface area (Å²) < 4.78 is 5.89. The number of ether oxygens (including phenoxy) is 1. The van der Waals surface area contributed by atoms with E-state index in [1.807, 2.05) is 0 Å². The number of carbonyl (C=O) groups excluding carboxylic acids is 3. The maximum absolute atomic E-state index is 13.1. The molecule has 4 rings (SSSR count). The number of esters is 1. The molecule has 0 unspecified atom stereocenters. The first-order valence-corrected chi connectivity index (χ1v) is 11.8. The van der Waals surface area contributed by atoms with Gasteiger partial charge in [0.2, 0.25) is 5.91 Å². The van der Waals surface area contributed by atoms with Crippen LogP contribution in [0.15, 0.2) is 58.3 Å². The van der Waals surface area contributed by atoms with Gasteiger partial charge in [-0.2, -0.15) is 0 Å². The number of nitrogens with two attached hydrogens (primary N) is 1. The van der Waals surface area contributed by atoms with Gasteiger partial charge in [0.15, 0.2) is 0 Å². The van der Waals surface area contributed by atoms with E-state index in [9.17, 15) is 29.4 Å². The highest BCUT2D eigenvalue weighted by molar-refractivity contribution is 6.03. The minimum atomic E-state index is -1.67. The van der Waals surface area contributed by atoms with Gasteiger partial charge in [-0.1, -0.05) is 6.07 Å². The Labute approximate surface area is 217 Å². The van der Waals surface area contributed by atoms with Gasteiger partial charge < -0.3 is 30.9 Å². The van der Waals surface area contributed by atoms with Crippen molar-refractivity contribution in [3.8, 4) is 0 Å². The van der Waals surface area contributed by atoms with Crippen molar-refractivity contribution in [2.75, 3.05) is 30.5 Å². The van der Waals surface area contributed by atoms with Crippen molar-refractivity contribution >= 4 is 45.9 Å². The molecule has 5 N–H and O–H groups in total. The number of aliphatic imine (C=N–C) groups is 1. The molecule has 198 valence electrons. The molecule has 2 amide bonds. The van der Waals surface area contributed by atoms with Gasteiger partial charge in [-0.3, -0.25) is 28.7 Å². The van der Waals surface area contributed by atoms with Gasteiger partial charge in [0.05, 0.1) is 32.2 Å². The van der Waals surface area contributed by atoms with Crippen LogP contribution in [0.5, 0.6) is 0 Å². The molecule has 0 saturated carbocycles. The maximum atomic E-state index is 13.1. The highest BCUT2D eigenvalue weighted by Gasteiger charge is 2.25. The van der Waals surface area contributed by atoms with Gasteiger partial charge in [0.25, 0.3) is 11.5 Å². The molecular weight excluding hydrogens is 494 g/mol. The van der Waals surface area contributed by atoms with E-state index in [0.29, 0.717) is 34.7 Å². The summed E-state index contributed by atoms with van der Waals surface area (Å²) in [5, 5.41) is 23.3. The fourth-order valence-corrected chi connectivity index (χ4v) is 4.20. The standard InChI is InChI=1S/C26H27N5O7/c1-38-24(36)14-31-20-11-18(5-2-15(20)3-7-22(31)34)30(8-9-32)23(35)12-21(33)26(37)29-17-4-6-19-16(10-17)13-28-25(19)27/h2-7,10-11,21,32-33H,8-9,12-14H2,1H3,(H2,27,28)(H,29,37)/t21-/m1/s1. The summed E-state index contributed by atoms with van der Waals surface area (Å²) in [5.74, 6) is -1.61. The lowest BCUT2D eigenvalue weighted by molar-refractivity contribution is -0.141. The molecule has 0 aliphatic carbocycles. The zero-order valence-corrected chi connectivity index (χ0v) is 20.6. The SMILES string of the molecule is COC(=O)Cn1c(=O)ccc2ccc(N(CCO)C(=O)C[C@@H](O)C(=O)Nc3ccc4c(c3)CN=C4N)cc21. The molecule has 12 heteroatoms. The maximum Gasteiger partial charge on any atom is 0.325 e. The van der Waals surface area contributed by atoms with Gasteiger partial charge in [-0.05, 0) is 47.3 Å². The molecule has 2 heterocycles. The van der Waals surface area contributed by atoms with E-state index < -0.39 is 42.5 Å². The van der Waals surface area contributed by atoms with Crippen molar-refractivity contribution in [3.05, 3.63) is 70.0 Å². The Morgan fingerprint density at radius 3 is 2.68 bits per heavy atom. The number of anilines is 2. The first-order valence-electron chi connectivity index (χ1n) is 11.8. The number of fused-ring (bicyclic) bond motifs is 2. The molecule has 1 atom stereocenters. The number of aliphatic hydroxyl groups is 2. The number of amides is 2. The predicted molar refractivity (Wildman–Crippen MR) is 140 cm³/mol. The number of amidine groups is 1. The Morgan fingerprint density at radius 2 is 1.95 bits per heavy atom. The zero-order valence-electron chi connectivity index (χ0n) is 20.6. The summed E-state index contributed by atoms with van der Waals surface area (Å²) >= 11 is 0. The second-order valence-corrected chi connectivity index (χ2v) is 8.63. The van der Waals surface area contributed by atoms with Gasteiger partial charge in [0, 0.05) is 29.5 Å². The highest BCUT2D eigenvalue weighted by Crippen LogP contribution is 2.24. The topological polar surface area (TPSA) is 177 Å². The second kappa shape index (κ2) is 11.2. The quantitative estimate of drug-likeness (QED) is 0.287. The smallest absolute Gasteiger partial charge is 0.325 e. The van der Waals surface area contributed by atoms with Crippen LogP contribution in [0.2, 0.25) is 0 Å². The van der Waals surface area contributed by atoms with E-state index in [0.717, 1.165) is 11.1 Å². The van der Waals surface area contributed by atoms with Crippen LogP contribution in [0.25, 0.3) is 10.9 Å². The normalized spacial score (nSPS) is 13.0. The summed E-state index contributed by atoms with van der Waals surface area (Å²) in [6, 6.07) is 12.7. The molecular formula is C26H27N5O7. The van der Waals surface area contributed by atoms with Crippen LogP contribution < -0.4 is 21.5 Å². The largest absolute Gasteiger partial charge is 0.468 e. The van der Waals surface area contributed by atoms with E-state index in [1.165, 1.54) is 28.7 Å². The number of rotatable bonds is 9. The number of aliphatic hydroxyl groups excluding tert-OH is 2. The third kappa shape index (κ3) is 5.56. The Kier molecular flexibility index (Phi) is 7.84. The molecule has 0 spiro atoms. The number of hydrogen-bond donors (Lipinski definition) is 4. The first-order chi connectivity index (χ1) is 18.2. The average Bonchev–Trinajstić information content (AvgIpc) is 3.28. The lowest BCUT2D eigenvalue weighted by Crippen LogP contribution is -2.39. The Balaban J connectivity index is 1.52. The van der Waals surface area contributed by atoms with Gasteiger partial charge in [-0.15, -0.1) is 0 Å². The van der Waals surface area contributed by atoms with E-state index >= 15 is 0 Å². The average molecular weight is 522 g/mol. The number of hydrogen-bond acceptors (Lipinski definition) is 9. The Morgan fingerprint density at radius 1 is 1.18 bits per heavy atom. The highest BCUT2D eigenvalue weighted by atomic mass is 16.5. The lowest BCUT2D eigenvalue weighted by atomic mass is 10.1. The van der Waals surface area contributed by atoms with Crippen molar-refractivity contribution < 1.29 is 29.3 Å². The molecule has 0 fully saturated rings.